The standard InChI is InChI=1S/C15H20FNO3S/c1-3-7-17(8-4-2)14(18)10-21-13-9-11(15(19)20)5-6-12(13)16/h5-6,9H,3-4,7-8,10H2,1-2H3,(H,19,20). The van der Waals surface area contributed by atoms with Crippen molar-refractivity contribution in [2.45, 2.75) is 31.6 Å². The van der Waals surface area contributed by atoms with Crippen LogP contribution in [0.5, 0.6) is 0 Å². The second-order valence-electron chi connectivity index (χ2n) is 4.62. The van der Waals surface area contributed by atoms with Gasteiger partial charge in [0.15, 0.2) is 0 Å². The molecule has 116 valence electrons. The molecule has 0 saturated heterocycles. The van der Waals surface area contributed by atoms with Crippen LogP contribution in [0.3, 0.4) is 0 Å². The third-order valence-corrected chi connectivity index (χ3v) is 3.88. The minimum atomic E-state index is -1.11. The van der Waals surface area contributed by atoms with Gasteiger partial charge in [0.25, 0.3) is 0 Å². The number of hydrogen-bond acceptors (Lipinski definition) is 3. The number of amides is 1. The first-order chi connectivity index (χ1) is 9.99. The highest BCUT2D eigenvalue weighted by atomic mass is 32.2. The van der Waals surface area contributed by atoms with Crippen LogP contribution in [-0.2, 0) is 4.79 Å². The molecule has 0 aliphatic carbocycles. The summed E-state index contributed by atoms with van der Waals surface area (Å²) in [7, 11) is 0. The predicted molar refractivity (Wildman–Crippen MR) is 81.2 cm³/mol. The smallest absolute Gasteiger partial charge is 0.335 e. The highest BCUT2D eigenvalue weighted by molar-refractivity contribution is 8.00. The fraction of sp³-hybridized carbons (Fsp3) is 0.467. The molecule has 0 aliphatic heterocycles. The van der Waals surface area contributed by atoms with E-state index >= 15 is 0 Å². The Morgan fingerprint density at radius 2 is 1.86 bits per heavy atom. The highest BCUT2D eigenvalue weighted by Crippen LogP contribution is 2.23. The third-order valence-electron chi connectivity index (χ3n) is 2.87. The SMILES string of the molecule is CCCN(CCC)C(=O)CSc1cc(C(=O)O)ccc1F. The summed E-state index contributed by atoms with van der Waals surface area (Å²) in [6.07, 6.45) is 1.75. The Hall–Kier alpha value is -1.56. The van der Waals surface area contributed by atoms with Gasteiger partial charge in [-0.2, -0.15) is 0 Å². The Balaban J connectivity index is 2.71. The van der Waals surface area contributed by atoms with E-state index in [-0.39, 0.29) is 22.1 Å². The molecule has 0 saturated carbocycles. The molecule has 0 radical (unpaired) electrons. The predicted octanol–water partition coefficient (Wildman–Crippen LogP) is 3.26. The number of hydrogen-bond donors (Lipinski definition) is 1. The van der Waals surface area contributed by atoms with Gasteiger partial charge in [0.1, 0.15) is 5.82 Å². The molecule has 0 fully saturated rings. The van der Waals surface area contributed by atoms with Gasteiger partial charge in [-0.1, -0.05) is 13.8 Å². The van der Waals surface area contributed by atoms with E-state index in [9.17, 15) is 14.0 Å². The largest absolute Gasteiger partial charge is 0.478 e. The average Bonchev–Trinajstić information content (AvgIpc) is 2.45. The molecule has 21 heavy (non-hydrogen) atoms. The minimum Gasteiger partial charge on any atom is -0.478 e. The molecule has 0 unspecified atom stereocenters. The zero-order valence-electron chi connectivity index (χ0n) is 12.3. The van der Waals surface area contributed by atoms with Crippen molar-refractivity contribution in [3.05, 3.63) is 29.6 Å². The molecule has 0 bridgehead atoms. The van der Waals surface area contributed by atoms with E-state index < -0.39 is 11.8 Å². The Labute approximate surface area is 128 Å². The molecule has 1 N–H and O–H groups in total. The summed E-state index contributed by atoms with van der Waals surface area (Å²) in [5.41, 5.74) is 0.0188. The fourth-order valence-corrected chi connectivity index (χ4v) is 2.76. The number of rotatable bonds is 8. The zero-order valence-corrected chi connectivity index (χ0v) is 13.1. The molecular weight excluding hydrogens is 293 g/mol. The zero-order chi connectivity index (χ0) is 15.8. The molecular formula is C15H20FNO3S. The first-order valence-electron chi connectivity index (χ1n) is 6.93. The molecule has 0 atom stereocenters. The van der Waals surface area contributed by atoms with Crippen molar-refractivity contribution >= 4 is 23.6 Å². The Morgan fingerprint density at radius 3 is 2.38 bits per heavy atom. The van der Waals surface area contributed by atoms with Gasteiger partial charge >= 0.3 is 5.97 Å². The Bertz CT molecular complexity index is 502. The van der Waals surface area contributed by atoms with Crippen LogP contribution in [0.4, 0.5) is 4.39 Å². The van der Waals surface area contributed by atoms with E-state index in [0.29, 0.717) is 13.1 Å². The quantitative estimate of drug-likeness (QED) is 0.748. The lowest BCUT2D eigenvalue weighted by atomic mass is 10.2. The summed E-state index contributed by atoms with van der Waals surface area (Å²) in [6.45, 7) is 5.37. The Morgan fingerprint density at radius 1 is 1.24 bits per heavy atom. The van der Waals surface area contributed by atoms with Gasteiger partial charge in [-0.05, 0) is 31.0 Å². The van der Waals surface area contributed by atoms with E-state index in [1.165, 1.54) is 12.1 Å². The van der Waals surface area contributed by atoms with E-state index in [1.54, 1.807) is 4.90 Å². The van der Waals surface area contributed by atoms with E-state index in [2.05, 4.69) is 0 Å². The summed E-state index contributed by atoms with van der Waals surface area (Å²) in [4.78, 5) is 24.9. The summed E-state index contributed by atoms with van der Waals surface area (Å²) < 4.78 is 13.6. The van der Waals surface area contributed by atoms with Crippen LogP contribution in [-0.4, -0.2) is 40.7 Å². The molecule has 0 heterocycles. The number of nitrogens with zero attached hydrogens (tertiary/aromatic N) is 1. The number of carboxylic acid groups (broad SMARTS) is 1. The maximum atomic E-state index is 13.6. The van der Waals surface area contributed by atoms with Crippen LogP contribution in [0.2, 0.25) is 0 Å². The molecule has 0 aromatic heterocycles. The normalized spacial score (nSPS) is 10.4. The monoisotopic (exact) mass is 313 g/mol. The van der Waals surface area contributed by atoms with Crippen LogP contribution in [0.15, 0.2) is 23.1 Å². The summed E-state index contributed by atoms with van der Waals surface area (Å²) in [6, 6.07) is 3.59. The molecule has 1 aromatic rings. The number of carboxylic acids is 1. The number of aromatic carboxylic acids is 1. The van der Waals surface area contributed by atoms with Crippen LogP contribution >= 0.6 is 11.8 Å². The second kappa shape index (κ2) is 8.67. The van der Waals surface area contributed by atoms with Crippen molar-refractivity contribution in [2.75, 3.05) is 18.8 Å². The van der Waals surface area contributed by atoms with Crippen molar-refractivity contribution in [2.24, 2.45) is 0 Å². The van der Waals surface area contributed by atoms with Gasteiger partial charge in [0.2, 0.25) is 5.91 Å². The van der Waals surface area contributed by atoms with Crippen LogP contribution in [0.1, 0.15) is 37.0 Å². The molecule has 6 heteroatoms. The molecule has 1 aromatic carbocycles. The van der Waals surface area contributed by atoms with Crippen LogP contribution in [0.25, 0.3) is 0 Å². The van der Waals surface area contributed by atoms with Gasteiger partial charge in [0, 0.05) is 18.0 Å². The minimum absolute atomic E-state index is 0.0188. The van der Waals surface area contributed by atoms with Crippen molar-refractivity contribution in [1.82, 2.24) is 4.90 Å². The van der Waals surface area contributed by atoms with Crippen molar-refractivity contribution in [3.8, 4) is 0 Å². The van der Waals surface area contributed by atoms with Gasteiger partial charge < -0.3 is 10.0 Å². The molecule has 1 amide bonds. The van der Waals surface area contributed by atoms with E-state index in [0.717, 1.165) is 30.7 Å². The highest BCUT2D eigenvalue weighted by Gasteiger charge is 2.14. The summed E-state index contributed by atoms with van der Waals surface area (Å²) in [5.74, 6) is -1.55. The number of halogens is 1. The third kappa shape index (κ3) is 5.38. The fourth-order valence-electron chi connectivity index (χ4n) is 1.88. The second-order valence-corrected chi connectivity index (χ2v) is 5.64. The van der Waals surface area contributed by atoms with Crippen LogP contribution in [0, 0.1) is 5.82 Å². The van der Waals surface area contributed by atoms with Crippen molar-refractivity contribution in [3.63, 3.8) is 0 Å². The van der Waals surface area contributed by atoms with E-state index in [4.69, 9.17) is 5.11 Å². The average molecular weight is 313 g/mol. The van der Waals surface area contributed by atoms with Gasteiger partial charge in [-0.3, -0.25) is 4.79 Å². The molecule has 0 spiro atoms. The lowest BCUT2D eigenvalue weighted by molar-refractivity contribution is -0.128. The maximum absolute atomic E-state index is 13.6. The number of benzene rings is 1. The number of carbonyl (C=O) groups is 2. The van der Waals surface area contributed by atoms with Gasteiger partial charge in [-0.15, -0.1) is 11.8 Å². The first kappa shape index (κ1) is 17.5. The number of thioether (sulfide) groups is 1. The molecule has 0 aliphatic rings. The first-order valence-corrected chi connectivity index (χ1v) is 7.91. The van der Waals surface area contributed by atoms with E-state index in [1.807, 2.05) is 13.8 Å². The van der Waals surface area contributed by atoms with Crippen molar-refractivity contribution in [1.29, 1.82) is 0 Å². The van der Waals surface area contributed by atoms with Crippen molar-refractivity contribution < 1.29 is 19.1 Å². The number of carbonyl (C=O) groups excluding carboxylic acids is 1. The maximum Gasteiger partial charge on any atom is 0.335 e. The summed E-state index contributed by atoms with van der Waals surface area (Å²) in [5, 5.41) is 8.90. The summed E-state index contributed by atoms with van der Waals surface area (Å²) >= 11 is 1.04. The van der Waals surface area contributed by atoms with Crippen LogP contribution < -0.4 is 0 Å². The lowest BCUT2D eigenvalue weighted by Gasteiger charge is -2.21. The van der Waals surface area contributed by atoms with Gasteiger partial charge in [0.05, 0.1) is 11.3 Å². The van der Waals surface area contributed by atoms with Gasteiger partial charge in [-0.25, -0.2) is 9.18 Å². The topological polar surface area (TPSA) is 57.6 Å². The molecule has 1 rings (SSSR count). The molecule has 4 nitrogen and oxygen atoms in total. The lowest BCUT2D eigenvalue weighted by Crippen LogP contribution is -2.33. The Kier molecular flexibility index (Phi) is 7.22.